The van der Waals surface area contributed by atoms with E-state index in [0.29, 0.717) is 22.2 Å². The molecule has 1 N–H and O–H groups in total. The molecule has 2 aromatic heterocycles. The number of thioether (sulfide) groups is 1. The maximum atomic E-state index is 12.5. The lowest BCUT2D eigenvalue weighted by Crippen LogP contribution is -2.26. The van der Waals surface area contributed by atoms with Crippen molar-refractivity contribution in [2.75, 3.05) is 6.26 Å². The van der Waals surface area contributed by atoms with Crippen molar-refractivity contribution in [3.63, 3.8) is 0 Å². The summed E-state index contributed by atoms with van der Waals surface area (Å²) in [6.07, 6.45) is -2.94. The van der Waals surface area contributed by atoms with Gasteiger partial charge >= 0.3 is 6.36 Å². The zero-order chi connectivity index (χ0) is 21.2. The third-order valence-corrected chi connectivity index (χ3v) is 4.76. The lowest BCUT2D eigenvalue weighted by atomic mass is 10.1. The molecular weight excluding hydrogens is 407 g/mol. The monoisotopic (exact) mass is 425 g/mol. The van der Waals surface area contributed by atoms with Crippen molar-refractivity contribution in [1.29, 1.82) is 0 Å². The summed E-state index contributed by atoms with van der Waals surface area (Å²) in [6, 6.07) is 5.67. The van der Waals surface area contributed by atoms with Crippen LogP contribution in [0.2, 0.25) is 0 Å². The van der Waals surface area contributed by atoms with Gasteiger partial charge in [0.15, 0.2) is 0 Å². The second-order valence-corrected chi connectivity index (χ2v) is 6.95. The Morgan fingerprint density at radius 3 is 2.66 bits per heavy atom. The van der Waals surface area contributed by atoms with Crippen LogP contribution in [-0.4, -0.2) is 38.1 Å². The van der Waals surface area contributed by atoms with Gasteiger partial charge in [-0.25, -0.2) is 9.50 Å². The highest BCUT2D eigenvalue weighted by Crippen LogP contribution is 2.26. The molecule has 0 unspecified atom stereocenters. The Bertz CT molecular complexity index is 1050. The predicted octanol–water partition coefficient (Wildman–Crippen LogP) is 3.22. The SMILES string of the molecule is CSc1nc2nc(C)c(CC(=O)NCc3ccccc3OC(F)(F)F)c(C)n2n1. The summed E-state index contributed by atoms with van der Waals surface area (Å²) in [5.74, 6) is -0.251. The van der Waals surface area contributed by atoms with Crippen LogP contribution in [0.4, 0.5) is 13.2 Å². The number of nitrogens with zero attached hydrogens (tertiary/aromatic N) is 4. The van der Waals surface area contributed by atoms with Crippen molar-refractivity contribution in [1.82, 2.24) is 24.9 Å². The average Bonchev–Trinajstić information content (AvgIpc) is 3.06. The molecule has 29 heavy (non-hydrogen) atoms. The fourth-order valence-corrected chi connectivity index (χ4v) is 3.16. The molecule has 0 aliphatic carbocycles. The van der Waals surface area contributed by atoms with Crippen LogP contribution in [0.25, 0.3) is 5.78 Å². The summed E-state index contributed by atoms with van der Waals surface area (Å²) < 4.78 is 43.1. The molecule has 7 nitrogen and oxygen atoms in total. The Labute approximate surface area is 168 Å². The number of ether oxygens (including phenoxy) is 1. The van der Waals surface area contributed by atoms with E-state index in [9.17, 15) is 18.0 Å². The number of halogens is 3. The number of alkyl halides is 3. The van der Waals surface area contributed by atoms with E-state index in [1.54, 1.807) is 17.5 Å². The number of carbonyl (C=O) groups excluding carboxylic acids is 1. The number of nitrogens with one attached hydrogen (secondary N) is 1. The normalized spacial score (nSPS) is 11.7. The molecule has 0 saturated heterocycles. The van der Waals surface area contributed by atoms with Crippen molar-refractivity contribution in [3.8, 4) is 5.75 Å². The Morgan fingerprint density at radius 1 is 1.24 bits per heavy atom. The van der Waals surface area contributed by atoms with Gasteiger partial charge in [-0.2, -0.15) is 4.98 Å². The van der Waals surface area contributed by atoms with E-state index in [4.69, 9.17) is 0 Å². The minimum absolute atomic E-state index is 0.0113. The van der Waals surface area contributed by atoms with E-state index in [0.717, 1.165) is 5.69 Å². The Morgan fingerprint density at radius 2 is 1.97 bits per heavy atom. The smallest absolute Gasteiger partial charge is 0.405 e. The number of amides is 1. The van der Waals surface area contributed by atoms with E-state index in [2.05, 4.69) is 25.1 Å². The molecule has 154 valence electrons. The summed E-state index contributed by atoms with van der Waals surface area (Å²) >= 11 is 1.39. The van der Waals surface area contributed by atoms with Gasteiger partial charge in [0, 0.05) is 29.1 Å². The van der Waals surface area contributed by atoms with E-state index in [-0.39, 0.29) is 30.2 Å². The van der Waals surface area contributed by atoms with Gasteiger partial charge in [-0.3, -0.25) is 4.79 Å². The first-order valence-electron chi connectivity index (χ1n) is 8.55. The van der Waals surface area contributed by atoms with Gasteiger partial charge in [-0.05, 0) is 26.2 Å². The first-order valence-corrected chi connectivity index (χ1v) is 9.77. The molecule has 0 atom stereocenters. The van der Waals surface area contributed by atoms with Crippen LogP contribution in [0, 0.1) is 13.8 Å². The molecule has 0 aliphatic rings. The van der Waals surface area contributed by atoms with Crippen molar-refractivity contribution in [2.24, 2.45) is 0 Å². The minimum Gasteiger partial charge on any atom is -0.405 e. The number of rotatable bonds is 6. The molecular formula is C18H18F3N5O2S. The molecule has 0 radical (unpaired) electrons. The van der Waals surface area contributed by atoms with E-state index in [1.165, 1.54) is 30.0 Å². The van der Waals surface area contributed by atoms with Crippen molar-refractivity contribution >= 4 is 23.4 Å². The van der Waals surface area contributed by atoms with Crippen LogP contribution in [0.3, 0.4) is 0 Å². The fraction of sp³-hybridized carbons (Fsp3) is 0.333. The summed E-state index contributed by atoms with van der Waals surface area (Å²) in [5, 5.41) is 7.53. The van der Waals surface area contributed by atoms with E-state index < -0.39 is 6.36 Å². The van der Waals surface area contributed by atoms with Gasteiger partial charge in [-0.15, -0.1) is 18.3 Å². The van der Waals surface area contributed by atoms with Crippen molar-refractivity contribution in [3.05, 3.63) is 46.8 Å². The number of para-hydroxylation sites is 1. The van der Waals surface area contributed by atoms with Crippen LogP contribution in [0.5, 0.6) is 5.75 Å². The number of aromatic nitrogens is 4. The molecule has 0 aliphatic heterocycles. The van der Waals surface area contributed by atoms with Gasteiger partial charge in [-0.1, -0.05) is 30.0 Å². The number of carbonyl (C=O) groups is 1. The first-order chi connectivity index (χ1) is 13.7. The quantitative estimate of drug-likeness (QED) is 0.611. The molecule has 1 aromatic carbocycles. The number of benzene rings is 1. The Kier molecular flexibility index (Phi) is 5.96. The number of fused-ring (bicyclic) bond motifs is 1. The van der Waals surface area contributed by atoms with Crippen LogP contribution in [0.1, 0.15) is 22.5 Å². The zero-order valence-corrected chi connectivity index (χ0v) is 16.7. The van der Waals surface area contributed by atoms with E-state index in [1.807, 2.05) is 13.2 Å². The highest BCUT2D eigenvalue weighted by atomic mass is 32.2. The molecule has 0 fully saturated rings. The molecule has 1 amide bonds. The van der Waals surface area contributed by atoms with Gasteiger partial charge in [0.1, 0.15) is 5.75 Å². The number of hydrogen-bond acceptors (Lipinski definition) is 6. The molecule has 0 spiro atoms. The molecule has 0 saturated carbocycles. The second-order valence-electron chi connectivity index (χ2n) is 6.18. The molecule has 2 heterocycles. The largest absolute Gasteiger partial charge is 0.573 e. The molecule has 0 bridgehead atoms. The molecule has 3 rings (SSSR count). The minimum atomic E-state index is -4.80. The van der Waals surface area contributed by atoms with Crippen LogP contribution < -0.4 is 10.1 Å². The summed E-state index contributed by atoms with van der Waals surface area (Å²) in [4.78, 5) is 21.1. The molecule has 3 aromatic rings. The zero-order valence-electron chi connectivity index (χ0n) is 15.9. The van der Waals surface area contributed by atoms with Crippen LogP contribution in [-0.2, 0) is 17.8 Å². The van der Waals surface area contributed by atoms with Gasteiger partial charge in [0.05, 0.1) is 6.42 Å². The summed E-state index contributed by atoms with van der Waals surface area (Å²) in [5.41, 5.74) is 2.29. The predicted molar refractivity (Wildman–Crippen MR) is 101 cm³/mol. The van der Waals surface area contributed by atoms with Crippen LogP contribution >= 0.6 is 11.8 Å². The standard InChI is InChI=1S/C18H18F3N5O2S/c1-10-13(11(2)26-16(23-10)24-17(25-26)29-3)8-15(27)22-9-12-6-4-5-7-14(12)28-18(19,20)21/h4-7H,8-9H2,1-3H3,(H,22,27). The summed E-state index contributed by atoms with van der Waals surface area (Å²) in [6.45, 7) is 3.49. The maximum absolute atomic E-state index is 12.5. The number of hydrogen-bond donors (Lipinski definition) is 1. The maximum Gasteiger partial charge on any atom is 0.573 e. The van der Waals surface area contributed by atoms with Gasteiger partial charge in [0.25, 0.3) is 5.78 Å². The topological polar surface area (TPSA) is 81.4 Å². The Balaban J connectivity index is 1.74. The van der Waals surface area contributed by atoms with Gasteiger partial charge < -0.3 is 10.1 Å². The average molecular weight is 425 g/mol. The Hall–Kier alpha value is -2.82. The van der Waals surface area contributed by atoms with Crippen molar-refractivity contribution in [2.45, 2.75) is 38.3 Å². The van der Waals surface area contributed by atoms with Gasteiger partial charge in [0.2, 0.25) is 11.1 Å². The lowest BCUT2D eigenvalue weighted by Gasteiger charge is -2.14. The summed E-state index contributed by atoms with van der Waals surface area (Å²) in [7, 11) is 0. The van der Waals surface area contributed by atoms with Crippen LogP contribution in [0.15, 0.2) is 29.4 Å². The van der Waals surface area contributed by atoms with E-state index >= 15 is 0 Å². The third-order valence-electron chi connectivity index (χ3n) is 4.22. The third kappa shape index (κ3) is 4.97. The number of aryl methyl sites for hydroxylation is 2. The fourth-order valence-electron chi connectivity index (χ4n) is 2.82. The lowest BCUT2D eigenvalue weighted by molar-refractivity contribution is -0.274. The molecule has 11 heteroatoms. The highest BCUT2D eigenvalue weighted by Gasteiger charge is 2.32. The second kappa shape index (κ2) is 8.27. The highest BCUT2D eigenvalue weighted by molar-refractivity contribution is 7.98. The first kappa shape index (κ1) is 20.9. The van der Waals surface area contributed by atoms with Crippen molar-refractivity contribution < 1.29 is 22.7 Å².